The van der Waals surface area contributed by atoms with Crippen molar-refractivity contribution in [2.75, 3.05) is 32.6 Å². The van der Waals surface area contributed by atoms with Crippen molar-refractivity contribution in [1.29, 1.82) is 5.41 Å². The Bertz CT molecular complexity index is 1510. The maximum atomic E-state index is 15.8. The van der Waals surface area contributed by atoms with Gasteiger partial charge in [0.15, 0.2) is 17.6 Å². The van der Waals surface area contributed by atoms with Gasteiger partial charge in [-0.2, -0.15) is 0 Å². The number of carbonyl (C=O) groups is 2. The number of likely N-dealkylation sites (N-methyl/N-ethyl adjacent to an activating group) is 2. The van der Waals surface area contributed by atoms with Crippen LogP contribution in [0.3, 0.4) is 0 Å². The van der Waals surface area contributed by atoms with Crippen molar-refractivity contribution in [3.05, 3.63) is 57.8 Å². The molecule has 0 bridgehead atoms. The summed E-state index contributed by atoms with van der Waals surface area (Å²) in [5, 5.41) is 43.3. The highest BCUT2D eigenvalue weighted by atomic mass is 19.1. The molecule has 3 aliphatic carbocycles. The molecule has 41 heavy (non-hydrogen) atoms. The van der Waals surface area contributed by atoms with Crippen LogP contribution in [0.5, 0.6) is 5.75 Å². The third-order valence-electron chi connectivity index (χ3n) is 9.48. The minimum Gasteiger partial charge on any atom is -0.510 e. The molecular weight excluding hydrogens is 529 g/mol. The molecule has 4 aliphatic rings. The third kappa shape index (κ3) is 3.89. The van der Waals surface area contributed by atoms with Gasteiger partial charge in [0.05, 0.1) is 28.7 Å². The number of phenolic OH excluding ortho intramolecular Hbond substituents is 1. The number of halogens is 1. The number of primary amides is 1. The fraction of sp³-hybridized carbons (Fsp3) is 0.467. The monoisotopic (exact) mass is 566 g/mol. The van der Waals surface area contributed by atoms with Crippen molar-refractivity contribution >= 4 is 29.8 Å². The number of hydrogen-bond donors (Lipinski definition) is 5. The average Bonchev–Trinajstić information content (AvgIpc) is 2.88. The van der Waals surface area contributed by atoms with Gasteiger partial charge in [-0.05, 0) is 51.8 Å². The number of fused-ring (bicyclic) bond motifs is 3. The number of Topliss-reactive ketones (excluding diaryl/α,β-unsaturated/α-hetero) is 1. The van der Waals surface area contributed by atoms with E-state index in [2.05, 4.69) is 13.3 Å². The standard InChI is InChI=1S/C30H36FN5O5/c1-13-21-15(11-17-24(35(5)6)27(39)23(29(33)40)28(32)30(13,17)41)10-16-18(31)12-20(25(37)22(16)26(21)38)36-9-7-8-19(14(36)2)34(3)4/h12,15,17,19,24,41H,2-3,7-11H2,1,4-6H3,(H4-,32,33,37,38,39,40)/p+1. The lowest BCUT2D eigenvalue weighted by Crippen LogP contribution is -2.63. The molecule has 1 fully saturated rings. The first kappa shape index (κ1) is 28.7. The largest absolute Gasteiger partial charge is 0.510 e. The quantitative estimate of drug-likeness (QED) is 0.276. The zero-order valence-corrected chi connectivity index (χ0v) is 23.8. The van der Waals surface area contributed by atoms with Gasteiger partial charge in [-0.15, -0.1) is 0 Å². The van der Waals surface area contributed by atoms with E-state index >= 15 is 4.39 Å². The number of anilines is 1. The minimum atomic E-state index is -2.09. The number of rotatable bonds is 4. The molecule has 5 unspecified atom stereocenters. The van der Waals surface area contributed by atoms with E-state index in [9.17, 15) is 24.9 Å². The van der Waals surface area contributed by atoms with Crippen molar-refractivity contribution in [1.82, 2.24) is 4.90 Å². The summed E-state index contributed by atoms with van der Waals surface area (Å²) in [6.07, 6.45) is 1.74. The van der Waals surface area contributed by atoms with Crippen molar-refractivity contribution in [3.63, 3.8) is 0 Å². The minimum absolute atomic E-state index is 0.0752. The number of nitrogens with zero attached hydrogens (tertiary/aromatic N) is 3. The van der Waals surface area contributed by atoms with E-state index < -0.39 is 58.0 Å². The first-order chi connectivity index (χ1) is 19.1. The molecule has 0 saturated carbocycles. The van der Waals surface area contributed by atoms with Gasteiger partial charge < -0.3 is 31.4 Å². The number of nitrogens with one attached hydrogen (secondary N) is 1. The Morgan fingerprint density at radius 2 is 2.00 bits per heavy atom. The second kappa shape index (κ2) is 9.63. The highest BCUT2D eigenvalue weighted by molar-refractivity contribution is 6.26. The van der Waals surface area contributed by atoms with Gasteiger partial charge >= 0.3 is 0 Å². The molecule has 5 rings (SSSR count). The van der Waals surface area contributed by atoms with Crippen LogP contribution >= 0.6 is 0 Å². The normalized spacial score (nSPS) is 29.9. The van der Waals surface area contributed by atoms with Crippen molar-refractivity contribution in [3.8, 4) is 5.75 Å². The lowest BCUT2D eigenvalue weighted by atomic mass is 9.56. The molecule has 1 aliphatic heterocycles. The van der Waals surface area contributed by atoms with E-state index in [1.54, 1.807) is 28.5 Å². The topological polar surface area (TPSA) is 154 Å². The zero-order chi connectivity index (χ0) is 30.3. The summed E-state index contributed by atoms with van der Waals surface area (Å²) in [6, 6.07) is 0.239. The van der Waals surface area contributed by atoms with E-state index in [1.807, 2.05) is 7.05 Å². The Morgan fingerprint density at radius 3 is 2.59 bits per heavy atom. The van der Waals surface area contributed by atoms with Crippen LogP contribution in [-0.2, 0) is 11.2 Å². The maximum absolute atomic E-state index is 15.8. The third-order valence-corrected chi connectivity index (χ3v) is 9.48. The summed E-state index contributed by atoms with van der Waals surface area (Å²) in [7, 11) is 5.14. The SMILES string of the molecule is C=C1C([N+](=C)C)CCCN1c1cc(F)c2c(c1O)C(=O)C1=C(C)C3(O)C(=N)C(C(N)=O)=C(O)C(N(C)C)C3CC1C2. The molecule has 1 saturated heterocycles. The number of piperidine rings is 1. The van der Waals surface area contributed by atoms with Crippen molar-refractivity contribution < 1.29 is 33.9 Å². The number of nitrogens with two attached hydrogens (primary N) is 1. The summed E-state index contributed by atoms with van der Waals surface area (Å²) >= 11 is 0. The van der Waals surface area contributed by atoms with E-state index in [-0.39, 0.29) is 52.6 Å². The Kier molecular flexibility index (Phi) is 6.74. The van der Waals surface area contributed by atoms with Gasteiger partial charge in [-0.25, -0.2) is 8.97 Å². The number of aliphatic hydroxyl groups is 2. The Morgan fingerprint density at radius 1 is 1.34 bits per heavy atom. The van der Waals surface area contributed by atoms with Gasteiger partial charge in [-0.1, -0.05) is 6.58 Å². The number of hydrogen-bond acceptors (Lipinski definition) is 8. The molecule has 1 aromatic carbocycles. The van der Waals surface area contributed by atoms with Crippen LogP contribution in [0.15, 0.2) is 40.8 Å². The number of aliphatic hydroxyl groups excluding tert-OH is 1. The number of allylic oxidation sites excluding steroid dienone is 1. The van der Waals surface area contributed by atoms with Crippen LogP contribution in [0.4, 0.5) is 10.1 Å². The van der Waals surface area contributed by atoms with Gasteiger partial charge in [0.2, 0.25) is 0 Å². The highest BCUT2D eigenvalue weighted by Gasteiger charge is 2.59. The summed E-state index contributed by atoms with van der Waals surface area (Å²) < 4.78 is 17.6. The molecule has 0 aromatic heterocycles. The molecule has 1 aromatic rings. The molecule has 10 nitrogen and oxygen atoms in total. The summed E-state index contributed by atoms with van der Waals surface area (Å²) in [6.45, 7) is 10.1. The smallest absolute Gasteiger partial charge is 0.254 e. The van der Waals surface area contributed by atoms with Crippen LogP contribution in [0.2, 0.25) is 0 Å². The summed E-state index contributed by atoms with van der Waals surface area (Å²) in [5.74, 6) is -4.48. The Hall–Kier alpha value is -3.83. The van der Waals surface area contributed by atoms with Gasteiger partial charge in [-0.3, -0.25) is 14.5 Å². The van der Waals surface area contributed by atoms with Gasteiger partial charge in [0, 0.05) is 36.1 Å². The molecule has 5 atom stereocenters. The van der Waals surface area contributed by atoms with Crippen LogP contribution in [0, 0.1) is 23.1 Å². The van der Waals surface area contributed by atoms with E-state index in [4.69, 9.17) is 11.1 Å². The second-order valence-corrected chi connectivity index (χ2v) is 11.9. The van der Waals surface area contributed by atoms with Crippen molar-refractivity contribution in [2.45, 2.75) is 50.3 Å². The summed E-state index contributed by atoms with van der Waals surface area (Å²) in [5.41, 5.74) is 3.33. The van der Waals surface area contributed by atoms with Gasteiger partial charge in [0.1, 0.15) is 36.5 Å². The lowest BCUT2D eigenvalue weighted by molar-refractivity contribution is -0.522. The average molecular weight is 567 g/mol. The maximum Gasteiger partial charge on any atom is 0.254 e. The molecular formula is C30H37FN5O5+. The van der Waals surface area contributed by atoms with E-state index in [0.717, 1.165) is 12.8 Å². The lowest BCUT2D eigenvalue weighted by Gasteiger charge is -2.52. The Balaban J connectivity index is 1.67. The number of carbonyl (C=O) groups excluding carboxylic acids is 2. The molecule has 0 radical (unpaired) electrons. The number of benzene rings is 1. The van der Waals surface area contributed by atoms with Gasteiger partial charge in [0.25, 0.3) is 5.91 Å². The molecule has 1 heterocycles. The predicted molar refractivity (Wildman–Crippen MR) is 152 cm³/mol. The van der Waals surface area contributed by atoms with Crippen LogP contribution in [0.25, 0.3) is 0 Å². The number of phenols is 1. The molecule has 6 N–H and O–H groups in total. The van der Waals surface area contributed by atoms with E-state index in [1.165, 1.54) is 13.0 Å². The number of amides is 1. The zero-order valence-electron chi connectivity index (χ0n) is 23.8. The number of aromatic hydroxyl groups is 1. The van der Waals surface area contributed by atoms with Crippen LogP contribution < -0.4 is 10.6 Å². The molecule has 0 spiro atoms. The molecule has 11 heteroatoms. The first-order valence-corrected chi connectivity index (χ1v) is 13.6. The van der Waals surface area contributed by atoms with Crippen molar-refractivity contribution in [2.24, 2.45) is 17.6 Å². The van der Waals surface area contributed by atoms with Crippen LogP contribution in [0.1, 0.15) is 42.1 Å². The fourth-order valence-corrected chi connectivity index (χ4v) is 7.55. The van der Waals surface area contributed by atoms with Crippen LogP contribution in [-0.4, -0.2) is 94.3 Å². The number of ketones is 1. The molecule has 218 valence electrons. The summed E-state index contributed by atoms with van der Waals surface area (Å²) in [4.78, 5) is 29.8. The molecule has 1 amide bonds. The predicted octanol–water partition coefficient (Wildman–Crippen LogP) is 2.04. The van der Waals surface area contributed by atoms with E-state index in [0.29, 0.717) is 12.2 Å². The Labute approximate surface area is 238 Å². The highest BCUT2D eigenvalue weighted by Crippen LogP contribution is 2.54. The first-order valence-electron chi connectivity index (χ1n) is 13.6. The fourth-order valence-electron chi connectivity index (χ4n) is 7.55. The second-order valence-electron chi connectivity index (χ2n) is 11.9.